The van der Waals surface area contributed by atoms with Crippen LogP contribution in [0.4, 0.5) is 0 Å². The molecule has 4 nitrogen and oxygen atoms in total. The van der Waals surface area contributed by atoms with Crippen molar-refractivity contribution in [2.75, 3.05) is 6.61 Å². The van der Waals surface area contributed by atoms with Gasteiger partial charge in [-0.25, -0.2) is 4.68 Å². The molecule has 3 rings (SSSR count). The maximum atomic E-state index is 12.1. The predicted molar refractivity (Wildman–Crippen MR) is 59.7 cm³/mol. The van der Waals surface area contributed by atoms with Crippen molar-refractivity contribution >= 4 is 0 Å². The van der Waals surface area contributed by atoms with Crippen LogP contribution in [0.3, 0.4) is 0 Å². The normalized spacial score (nSPS) is 14.8. The molecular formula is C12H12N2O2. The molecule has 2 heterocycles. The molecule has 0 spiro atoms. The van der Waals surface area contributed by atoms with Gasteiger partial charge >= 0.3 is 0 Å². The van der Waals surface area contributed by atoms with E-state index in [0.717, 1.165) is 16.9 Å². The number of aromatic nitrogens is 2. The van der Waals surface area contributed by atoms with Crippen molar-refractivity contribution in [2.24, 2.45) is 0 Å². The lowest BCUT2D eigenvalue weighted by molar-refractivity contribution is 0.108. The first kappa shape index (κ1) is 9.42. The van der Waals surface area contributed by atoms with Crippen molar-refractivity contribution in [3.05, 3.63) is 51.9 Å². The van der Waals surface area contributed by atoms with E-state index in [9.17, 15) is 4.79 Å². The van der Waals surface area contributed by atoms with Crippen LogP contribution < -0.4 is 5.56 Å². The first-order chi connectivity index (χ1) is 7.86. The van der Waals surface area contributed by atoms with Gasteiger partial charge in [0.05, 0.1) is 24.6 Å². The van der Waals surface area contributed by atoms with Gasteiger partial charge < -0.3 is 4.74 Å². The Bertz CT molecular complexity index is 554. The second-order valence-corrected chi connectivity index (χ2v) is 3.85. The summed E-state index contributed by atoms with van der Waals surface area (Å²) in [6, 6.07) is 9.57. The number of nitrogens with one attached hydrogen (secondary N) is 1. The molecule has 0 atom stereocenters. The maximum absolute atomic E-state index is 12.1. The Morgan fingerprint density at radius 3 is 2.81 bits per heavy atom. The van der Waals surface area contributed by atoms with Gasteiger partial charge in [-0.3, -0.25) is 9.89 Å². The Hall–Kier alpha value is -1.81. The van der Waals surface area contributed by atoms with E-state index in [-0.39, 0.29) is 5.56 Å². The van der Waals surface area contributed by atoms with E-state index in [2.05, 4.69) is 5.10 Å². The number of rotatable bonds is 1. The molecular weight excluding hydrogens is 204 g/mol. The number of H-pyrrole nitrogens is 1. The Labute approximate surface area is 92.5 Å². The van der Waals surface area contributed by atoms with Crippen LogP contribution in [0.2, 0.25) is 0 Å². The SMILES string of the molecule is O=c1c2c([nH]n1-c1ccccc1)COCC2. The number of nitrogens with zero attached hydrogens (tertiary/aromatic N) is 1. The maximum Gasteiger partial charge on any atom is 0.274 e. The minimum Gasteiger partial charge on any atom is -0.375 e. The van der Waals surface area contributed by atoms with E-state index in [1.807, 2.05) is 30.3 Å². The lowest BCUT2D eigenvalue weighted by Gasteiger charge is -2.08. The molecule has 0 unspecified atom stereocenters. The number of benzene rings is 1. The number of fused-ring (bicyclic) bond motifs is 1. The fourth-order valence-electron chi connectivity index (χ4n) is 2.00. The molecule has 0 saturated heterocycles. The molecule has 1 aromatic carbocycles. The summed E-state index contributed by atoms with van der Waals surface area (Å²) in [5.41, 5.74) is 2.67. The third kappa shape index (κ3) is 1.39. The van der Waals surface area contributed by atoms with E-state index in [4.69, 9.17) is 4.74 Å². The van der Waals surface area contributed by atoms with Crippen LogP contribution in [0, 0.1) is 0 Å². The largest absolute Gasteiger partial charge is 0.375 e. The fourth-order valence-corrected chi connectivity index (χ4v) is 2.00. The van der Waals surface area contributed by atoms with Gasteiger partial charge in [-0.15, -0.1) is 0 Å². The zero-order valence-corrected chi connectivity index (χ0v) is 8.77. The molecule has 0 radical (unpaired) electrons. The lowest BCUT2D eigenvalue weighted by atomic mass is 10.1. The van der Waals surface area contributed by atoms with E-state index in [1.165, 1.54) is 0 Å². The highest BCUT2D eigenvalue weighted by atomic mass is 16.5. The lowest BCUT2D eigenvalue weighted by Crippen LogP contribution is -2.19. The number of aromatic amines is 1. The molecule has 1 aromatic heterocycles. The van der Waals surface area contributed by atoms with Gasteiger partial charge in [-0.2, -0.15) is 0 Å². The summed E-state index contributed by atoms with van der Waals surface area (Å²) in [4.78, 5) is 12.1. The third-order valence-electron chi connectivity index (χ3n) is 2.83. The second-order valence-electron chi connectivity index (χ2n) is 3.85. The summed E-state index contributed by atoms with van der Waals surface area (Å²) < 4.78 is 6.90. The third-order valence-corrected chi connectivity index (χ3v) is 2.83. The number of hydrogen-bond donors (Lipinski definition) is 1. The first-order valence-electron chi connectivity index (χ1n) is 5.32. The first-order valence-corrected chi connectivity index (χ1v) is 5.32. The van der Waals surface area contributed by atoms with Crippen molar-refractivity contribution in [2.45, 2.75) is 13.0 Å². The number of hydrogen-bond acceptors (Lipinski definition) is 2. The van der Waals surface area contributed by atoms with Crippen LogP contribution in [0.5, 0.6) is 0 Å². The molecule has 1 N–H and O–H groups in total. The highest BCUT2D eigenvalue weighted by molar-refractivity contribution is 5.33. The number of ether oxygens (including phenoxy) is 1. The Kier molecular flexibility index (Phi) is 2.15. The quantitative estimate of drug-likeness (QED) is 0.779. The predicted octanol–water partition coefficient (Wildman–Crippen LogP) is 1.24. The molecule has 1 aliphatic rings. The second kappa shape index (κ2) is 3.64. The van der Waals surface area contributed by atoms with Gasteiger partial charge in [-0.05, 0) is 12.1 Å². The van der Waals surface area contributed by atoms with E-state index in [0.29, 0.717) is 19.6 Å². The van der Waals surface area contributed by atoms with Crippen LogP contribution in [-0.2, 0) is 17.8 Å². The average Bonchev–Trinajstić information content (AvgIpc) is 2.69. The molecule has 4 heteroatoms. The van der Waals surface area contributed by atoms with Crippen molar-refractivity contribution in [3.63, 3.8) is 0 Å². The van der Waals surface area contributed by atoms with Gasteiger partial charge in [-0.1, -0.05) is 18.2 Å². The molecule has 16 heavy (non-hydrogen) atoms. The summed E-state index contributed by atoms with van der Waals surface area (Å²) in [6.07, 6.45) is 0.699. The topological polar surface area (TPSA) is 47.0 Å². The summed E-state index contributed by atoms with van der Waals surface area (Å²) in [6.45, 7) is 1.14. The monoisotopic (exact) mass is 216 g/mol. The molecule has 2 aromatic rings. The summed E-state index contributed by atoms with van der Waals surface area (Å²) >= 11 is 0. The van der Waals surface area contributed by atoms with Gasteiger partial charge in [0.1, 0.15) is 0 Å². The van der Waals surface area contributed by atoms with Crippen LogP contribution in [0.25, 0.3) is 5.69 Å². The minimum absolute atomic E-state index is 0.0458. The van der Waals surface area contributed by atoms with Crippen LogP contribution in [0.1, 0.15) is 11.3 Å². The van der Waals surface area contributed by atoms with Crippen molar-refractivity contribution < 1.29 is 4.74 Å². The summed E-state index contributed by atoms with van der Waals surface area (Å²) in [5, 5.41) is 3.10. The van der Waals surface area contributed by atoms with Crippen LogP contribution >= 0.6 is 0 Å². The van der Waals surface area contributed by atoms with Crippen molar-refractivity contribution in [1.82, 2.24) is 9.78 Å². The van der Waals surface area contributed by atoms with Crippen LogP contribution in [0.15, 0.2) is 35.1 Å². The molecule has 0 fully saturated rings. The number of para-hydroxylation sites is 1. The van der Waals surface area contributed by atoms with Crippen LogP contribution in [-0.4, -0.2) is 16.4 Å². The molecule has 0 bridgehead atoms. The van der Waals surface area contributed by atoms with Crippen molar-refractivity contribution in [1.29, 1.82) is 0 Å². The highest BCUT2D eigenvalue weighted by Gasteiger charge is 2.18. The Morgan fingerprint density at radius 1 is 1.25 bits per heavy atom. The highest BCUT2D eigenvalue weighted by Crippen LogP contribution is 2.12. The van der Waals surface area contributed by atoms with E-state index >= 15 is 0 Å². The van der Waals surface area contributed by atoms with Gasteiger partial charge in [0.25, 0.3) is 5.56 Å². The minimum atomic E-state index is 0.0458. The molecule has 0 aliphatic carbocycles. The van der Waals surface area contributed by atoms with Gasteiger partial charge in [0.2, 0.25) is 0 Å². The van der Waals surface area contributed by atoms with Gasteiger partial charge in [0, 0.05) is 12.0 Å². The van der Waals surface area contributed by atoms with E-state index in [1.54, 1.807) is 4.68 Å². The summed E-state index contributed by atoms with van der Waals surface area (Å²) in [5.74, 6) is 0. The molecule has 1 aliphatic heterocycles. The molecule has 0 saturated carbocycles. The smallest absolute Gasteiger partial charge is 0.274 e. The zero-order chi connectivity index (χ0) is 11.0. The molecule has 82 valence electrons. The fraction of sp³-hybridized carbons (Fsp3) is 0.250. The Balaban J connectivity index is 2.16. The zero-order valence-electron chi connectivity index (χ0n) is 8.77. The Morgan fingerprint density at radius 2 is 2.06 bits per heavy atom. The molecule has 0 amide bonds. The van der Waals surface area contributed by atoms with Crippen molar-refractivity contribution in [3.8, 4) is 5.69 Å². The standard InChI is InChI=1S/C12H12N2O2/c15-12-10-6-7-16-8-11(10)13-14(12)9-4-2-1-3-5-9/h1-5,13H,6-8H2. The van der Waals surface area contributed by atoms with Gasteiger partial charge in [0.15, 0.2) is 0 Å². The average molecular weight is 216 g/mol. The van der Waals surface area contributed by atoms with E-state index < -0.39 is 0 Å². The summed E-state index contributed by atoms with van der Waals surface area (Å²) in [7, 11) is 0.